The molecular weight excluding hydrogens is 527 g/mol. The van der Waals surface area contributed by atoms with Crippen LogP contribution in [0.15, 0.2) is 47.4 Å². The number of carbonyl (C=O) groups is 2. The standard InChI is InChI=1S/C27H37FN4O6S/c1-17(2)29-27(35)30-22-8-11-24-20(12-22)13-26(34)32(19(4)16-33)14-18(3)25(38-24)15-31(5)39(36,37)23-9-6-21(28)7-10-23/h6-12,17-19,25,33H,13-16H2,1-5H3,(H2,29,30,35)/t18-,19-,25-/m0/s1. The SMILES string of the molecule is CC(C)NC(=O)Nc1ccc2c(c1)CC(=O)N([C@@H](C)CO)C[C@H](C)[C@H](CN(C)S(=O)(=O)c1ccc(F)cc1)O2. The zero-order valence-corrected chi connectivity index (χ0v) is 23.7. The average Bonchev–Trinajstić information content (AvgIpc) is 2.91. The Balaban J connectivity index is 1.95. The molecule has 2 aromatic carbocycles. The summed E-state index contributed by atoms with van der Waals surface area (Å²) in [6.45, 7) is 7.19. The zero-order chi connectivity index (χ0) is 28.9. The molecule has 1 heterocycles. The van der Waals surface area contributed by atoms with Gasteiger partial charge in [0.25, 0.3) is 0 Å². The molecule has 1 aliphatic heterocycles. The van der Waals surface area contributed by atoms with E-state index in [1.165, 1.54) is 19.2 Å². The van der Waals surface area contributed by atoms with E-state index in [0.29, 0.717) is 17.0 Å². The molecular formula is C27H37FN4O6S. The molecule has 0 fully saturated rings. The molecule has 3 atom stereocenters. The van der Waals surface area contributed by atoms with Gasteiger partial charge in [0, 0.05) is 36.8 Å². The summed E-state index contributed by atoms with van der Waals surface area (Å²) in [6.07, 6.45) is -0.712. The fourth-order valence-electron chi connectivity index (χ4n) is 4.29. The second kappa shape index (κ2) is 12.8. The summed E-state index contributed by atoms with van der Waals surface area (Å²) in [7, 11) is -2.53. The lowest BCUT2D eigenvalue weighted by atomic mass is 10.0. The van der Waals surface area contributed by atoms with E-state index in [1.54, 1.807) is 30.0 Å². The lowest BCUT2D eigenvalue weighted by Crippen LogP contribution is -2.48. The normalized spacial score (nSPS) is 19.0. The average molecular weight is 565 g/mol. The van der Waals surface area contributed by atoms with Crippen molar-refractivity contribution in [2.75, 3.05) is 32.1 Å². The monoisotopic (exact) mass is 564 g/mol. The Bertz CT molecular complexity index is 1270. The Hall–Kier alpha value is -3.22. The second-order valence-corrected chi connectivity index (χ2v) is 12.2. The highest BCUT2D eigenvalue weighted by Gasteiger charge is 2.33. The van der Waals surface area contributed by atoms with Crippen molar-refractivity contribution in [1.82, 2.24) is 14.5 Å². The number of nitrogens with zero attached hydrogens (tertiary/aromatic N) is 2. The number of nitrogens with one attached hydrogen (secondary N) is 2. The lowest BCUT2D eigenvalue weighted by molar-refractivity contribution is -0.134. The number of anilines is 1. The Morgan fingerprint density at radius 3 is 2.49 bits per heavy atom. The summed E-state index contributed by atoms with van der Waals surface area (Å²) in [5, 5.41) is 15.3. The number of benzene rings is 2. The predicted molar refractivity (Wildman–Crippen MR) is 145 cm³/mol. The van der Waals surface area contributed by atoms with E-state index in [9.17, 15) is 27.5 Å². The largest absolute Gasteiger partial charge is 0.488 e. The molecule has 12 heteroatoms. The second-order valence-electron chi connectivity index (χ2n) is 10.2. The fourth-order valence-corrected chi connectivity index (χ4v) is 5.48. The number of hydrogen-bond acceptors (Lipinski definition) is 6. The molecule has 214 valence electrons. The lowest BCUT2D eigenvalue weighted by Gasteiger charge is -2.33. The van der Waals surface area contributed by atoms with Crippen molar-refractivity contribution < 1.29 is 32.2 Å². The number of urea groups is 1. The van der Waals surface area contributed by atoms with Gasteiger partial charge in [-0.3, -0.25) is 4.79 Å². The number of carbonyl (C=O) groups excluding carboxylic acids is 2. The van der Waals surface area contributed by atoms with Crippen molar-refractivity contribution in [1.29, 1.82) is 0 Å². The molecule has 0 unspecified atom stereocenters. The van der Waals surface area contributed by atoms with Crippen LogP contribution in [0.25, 0.3) is 0 Å². The van der Waals surface area contributed by atoms with Gasteiger partial charge in [0.15, 0.2) is 0 Å². The summed E-state index contributed by atoms with van der Waals surface area (Å²) in [6, 6.07) is 8.60. The molecule has 0 aliphatic carbocycles. The van der Waals surface area contributed by atoms with Crippen LogP contribution in [0.2, 0.25) is 0 Å². The van der Waals surface area contributed by atoms with Crippen LogP contribution in [-0.2, 0) is 21.2 Å². The molecule has 3 rings (SSSR count). The van der Waals surface area contributed by atoms with Crippen LogP contribution in [0.1, 0.15) is 33.3 Å². The number of rotatable bonds is 8. The van der Waals surface area contributed by atoms with E-state index < -0.39 is 34.0 Å². The van der Waals surface area contributed by atoms with Gasteiger partial charge in [-0.2, -0.15) is 4.31 Å². The van der Waals surface area contributed by atoms with E-state index >= 15 is 0 Å². The van der Waals surface area contributed by atoms with Gasteiger partial charge in [-0.1, -0.05) is 6.92 Å². The summed E-state index contributed by atoms with van der Waals surface area (Å²) in [4.78, 5) is 27.1. The van der Waals surface area contributed by atoms with Gasteiger partial charge in [-0.15, -0.1) is 0 Å². The van der Waals surface area contributed by atoms with E-state index in [1.807, 2.05) is 20.8 Å². The quantitative estimate of drug-likeness (QED) is 0.453. The molecule has 39 heavy (non-hydrogen) atoms. The van der Waals surface area contributed by atoms with Crippen LogP contribution in [0.5, 0.6) is 5.75 Å². The highest BCUT2D eigenvalue weighted by molar-refractivity contribution is 7.89. The Morgan fingerprint density at radius 1 is 1.21 bits per heavy atom. The van der Waals surface area contributed by atoms with Gasteiger partial charge in [-0.05, 0) is 63.2 Å². The minimum Gasteiger partial charge on any atom is -0.488 e. The Labute approximate surface area is 229 Å². The topological polar surface area (TPSA) is 128 Å². The van der Waals surface area contributed by atoms with Crippen LogP contribution in [0, 0.1) is 11.7 Å². The highest BCUT2D eigenvalue weighted by Crippen LogP contribution is 2.30. The first kappa shape index (κ1) is 30.3. The first-order valence-electron chi connectivity index (χ1n) is 12.8. The van der Waals surface area contributed by atoms with E-state index in [4.69, 9.17) is 4.74 Å². The van der Waals surface area contributed by atoms with Gasteiger partial charge in [0.2, 0.25) is 15.9 Å². The molecule has 10 nitrogen and oxygen atoms in total. The third-order valence-electron chi connectivity index (χ3n) is 6.55. The van der Waals surface area contributed by atoms with Crippen molar-refractivity contribution in [2.45, 2.75) is 57.2 Å². The number of likely N-dealkylation sites (N-methyl/N-ethyl adjacent to an activating group) is 1. The van der Waals surface area contributed by atoms with Crippen molar-refractivity contribution in [3.63, 3.8) is 0 Å². The molecule has 3 N–H and O–H groups in total. The number of amides is 3. The molecule has 3 amide bonds. The van der Waals surface area contributed by atoms with Crippen molar-refractivity contribution >= 4 is 27.6 Å². The Morgan fingerprint density at radius 2 is 1.87 bits per heavy atom. The Kier molecular flexibility index (Phi) is 9.92. The van der Waals surface area contributed by atoms with E-state index in [2.05, 4.69) is 10.6 Å². The van der Waals surface area contributed by atoms with E-state index in [-0.39, 0.29) is 48.9 Å². The fraction of sp³-hybridized carbons (Fsp3) is 0.481. The van der Waals surface area contributed by atoms with Gasteiger partial charge in [0.05, 0.1) is 30.5 Å². The third kappa shape index (κ3) is 7.68. The van der Waals surface area contributed by atoms with Gasteiger partial charge in [0.1, 0.15) is 17.7 Å². The number of aliphatic hydroxyl groups excluding tert-OH is 1. The first-order chi connectivity index (χ1) is 18.3. The van der Waals surface area contributed by atoms with Crippen molar-refractivity contribution in [2.24, 2.45) is 5.92 Å². The summed E-state index contributed by atoms with van der Waals surface area (Å²) >= 11 is 0. The maximum Gasteiger partial charge on any atom is 0.319 e. The van der Waals surface area contributed by atoms with Crippen LogP contribution < -0.4 is 15.4 Å². The number of aliphatic hydroxyl groups is 1. The van der Waals surface area contributed by atoms with Gasteiger partial charge >= 0.3 is 6.03 Å². The molecule has 0 bridgehead atoms. The smallest absolute Gasteiger partial charge is 0.319 e. The van der Waals surface area contributed by atoms with Crippen LogP contribution in [0.4, 0.5) is 14.9 Å². The molecule has 1 aliphatic rings. The number of ether oxygens (including phenoxy) is 1. The summed E-state index contributed by atoms with van der Waals surface area (Å²) in [5.41, 5.74) is 0.977. The van der Waals surface area contributed by atoms with Gasteiger partial charge < -0.3 is 25.4 Å². The maximum atomic E-state index is 13.4. The summed E-state index contributed by atoms with van der Waals surface area (Å²) < 4.78 is 47.2. The highest BCUT2D eigenvalue weighted by atomic mass is 32.2. The molecule has 2 aromatic rings. The van der Waals surface area contributed by atoms with Crippen molar-refractivity contribution in [3.05, 3.63) is 53.8 Å². The molecule has 0 saturated heterocycles. The maximum absolute atomic E-state index is 13.4. The molecule has 0 saturated carbocycles. The summed E-state index contributed by atoms with van der Waals surface area (Å²) in [5.74, 6) is -0.708. The predicted octanol–water partition coefficient (Wildman–Crippen LogP) is 2.83. The number of sulfonamides is 1. The number of halogens is 1. The minimum atomic E-state index is -3.95. The van der Waals surface area contributed by atoms with Crippen LogP contribution >= 0.6 is 0 Å². The zero-order valence-electron chi connectivity index (χ0n) is 22.8. The number of fused-ring (bicyclic) bond motifs is 1. The minimum absolute atomic E-state index is 0.0375. The first-order valence-corrected chi connectivity index (χ1v) is 14.2. The van der Waals surface area contributed by atoms with Gasteiger partial charge in [-0.25, -0.2) is 17.6 Å². The van der Waals surface area contributed by atoms with Crippen LogP contribution in [0.3, 0.4) is 0 Å². The molecule has 0 radical (unpaired) electrons. The van der Waals surface area contributed by atoms with Crippen LogP contribution in [-0.4, -0.2) is 79.6 Å². The molecule has 0 aromatic heterocycles. The third-order valence-corrected chi connectivity index (χ3v) is 8.39. The molecule has 0 spiro atoms. The number of hydrogen-bond donors (Lipinski definition) is 3. The van der Waals surface area contributed by atoms with E-state index in [0.717, 1.165) is 16.4 Å². The van der Waals surface area contributed by atoms with Crippen molar-refractivity contribution in [3.8, 4) is 5.75 Å².